The summed E-state index contributed by atoms with van der Waals surface area (Å²) < 4.78 is 27.2. The molecule has 0 fully saturated rings. The average molecular weight is 475 g/mol. The molecule has 2 N–H and O–H groups in total. The van der Waals surface area contributed by atoms with Gasteiger partial charge in [0.05, 0.1) is 11.4 Å². The first kappa shape index (κ1) is 21.0. The van der Waals surface area contributed by atoms with Crippen molar-refractivity contribution in [2.75, 3.05) is 10.0 Å². The molecular weight excluding hydrogens is 460 g/mol. The molecule has 2 aromatic carbocycles. The third-order valence-corrected chi connectivity index (χ3v) is 6.91. The fraction of sp³-hybridized carbons (Fsp3) is 0.0500. The van der Waals surface area contributed by atoms with Crippen molar-refractivity contribution >= 4 is 55.6 Å². The summed E-state index contributed by atoms with van der Waals surface area (Å²) in [6.45, 7) is 0.0967. The Labute approximate surface area is 187 Å². The van der Waals surface area contributed by atoms with Crippen LogP contribution in [0.1, 0.15) is 5.56 Å². The van der Waals surface area contributed by atoms with E-state index in [2.05, 4.69) is 15.0 Å². The molecule has 4 rings (SSSR count). The number of carbonyl (C=O) groups excluding carboxylic acids is 2. The lowest BCUT2D eigenvalue weighted by Gasteiger charge is -2.15. The van der Waals surface area contributed by atoms with E-state index in [4.69, 9.17) is 11.6 Å². The number of rotatable bonds is 7. The number of nitrogens with zero attached hydrogens (tertiary/aromatic N) is 2. The quantitative estimate of drug-likeness (QED) is 0.508. The zero-order valence-corrected chi connectivity index (χ0v) is 18.2. The SMILES string of the molecule is O=C1C(Cl)=C(Nc2ccc(S(=O)(=O)Nc3nccs3)cc2)C(=O)N1Cc1ccccc1. The summed E-state index contributed by atoms with van der Waals surface area (Å²) in [6.07, 6.45) is 1.49. The Kier molecular flexibility index (Phi) is 5.77. The van der Waals surface area contributed by atoms with Crippen LogP contribution in [-0.2, 0) is 26.2 Å². The monoisotopic (exact) mass is 474 g/mol. The molecule has 0 unspecified atom stereocenters. The lowest BCUT2D eigenvalue weighted by atomic mass is 10.2. The molecule has 1 aromatic heterocycles. The molecule has 2 amide bonds. The number of thiazole rings is 1. The van der Waals surface area contributed by atoms with Crippen LogP contribution < -0.4 is 10.0 Å². The van der Waals surface area contributed by atoms with Crippen molar-refractivity contribution in [3.63, 3.8) is 0 Å². The fourth-order valence-electron chi connectivity index (χ4n) is 2.87. The zero-order chi connectivity index (χ0) is 22.0. The van der Waals surface area contributed by atoms with Gasteiger partial charge in [0.25, 0.3) is 21.8 Å². The Morgan fingerprint density at radius 3 is 2.35 bits per heavy atom. The van der Waals surface area contributed by atoms with Crippen molar-refractivity contribution < 1.29 is 18.0 Å². The minimum Gasteiger partial charge on any atom is -0.350 e. The highest BCUT2D eigenvalue weighted by atomic mass is 35.5. The van der Waals surface area contributed by atoms with Crippen molar-refractivity contribution in [3.05, 3.63) is 82.5 Å². The van der Waals surface area contributed by atoms with Crippen LogP contribution in [0.15, 0.2) is 81.8 Å². The smallest absolute Gasteiger partial charge is 0.279 e. The van der Waals surface area contributed by atoms with Gasteiger partial charge in [-0.15, -0.1) is 11.3 Å². The second-order valence-electron chi connectivity index (χ2n) is 6.46. The Balaban J connectivity index is 1.48. The van der Waals surface area contributed by atoms with Crippen LogP contribution in [0.4, 0.5) is 10.8 Å². The van der Waals surface area contributed by atoms with Crippen LogP contribution in [0.3, 0.4) is 0 Å². The standard InChI is InChI=1S/C20H15ClN4O4S2/c21-16-17(19(27)25(18(16)26)12-13-4-2-1-3-5-13)23-14-6-8-15(9-7-14)31(28,29)24-20-22-10-11-30-20/h1-11,23H,12H2,(H,22,24). The van der Waals surface area contributed by atoms with Gasteiger partial charge >= 0.3 is 0 Å². The second-order valence-corrected chi connectivity index (χ2v) is 9.42. The van der Waals surface area contributed by atoms with Gasteiger partial charge in [0, 0.05) is 17.3 Å². The van der Waals surface area contributed by atoms with Gasteiger partial charge in [0.15, 0.2) is 5.13 Å². The molecule has 0 spiro atoms. The van der Waals surface area contributed by atoms with Crippen molar-refractivity contribution in [1.29, 1.82) is 0 Å². The van der Waals surface area contributed by atoms with Crippen LogP contribution in [-0.4, -0.2) is 30.1 Å². The van der Waals surface area contributed by atoms with E-state index in [0.717, 1.165) is 21.8 Å². The topological polar surface area (TPSA) is 108 Å². The highest BCUT2D eigenvalue weighted by Crippen LogP contribution is 2.27. The van der Waals surface area contributed by atoms with Gasteiger partial charge in [0.2, 0.25) is 0 Å². The first-order chi connectivity index (χ1) is 14.8. The van der Waals surface area contributed by atoms with Crippen LogP contribution in [0.2, 0.25) is 0 Å². The normalized spacial score (nSPS) is 14.3. The number of benzene rings is 2. The van der Waals surface area contributed by atoms with Gasteiger partial charge in [-0.1, -0.05) is 41.9 Å². The average Bonchev–Trinajstić information content (AvgIpc) is 3.33. The highest BCUT2D eigenvalue weighted by Gasteiger charge is 2.37. The molecule has 1 aliphatic rings. The van der Waals surface area contributed by atoms with Crippen LogP contribution in [0, 0.1) is 0 Å². The lowest BCUT2D eigenvalue weighted by Crippen LogP contribution is -2.31. The summed E-state index contributed by atoms with van der Waals surface area (Å²) in [5, 5.41) is 4.51. The molecule has 0 atom stereocenters. The Hall–Kier alpha value is -3.21. The summed E-state index contributed by atoms with van der Waals surface area (Å²) in [4.78, 5) is 30.1. The van der Waals surface area contributed by atoms with E-state index in [1.165, 1.54) is 30.5 Å². The number of sulfonamides is 1. The molecule has 11 heteroatoms. The van der Waals surface area contributed by atoms with Gasteiger partial charge in [0.1, 0.15) is 10.7 Å². The van der Waals surface area contributed by atoms with Crippen molar-refractivity contribution in [1.82, 2.24) is 9.88 Å². The van der Waals surface area contributed by atoms with E-state index >= 15 is 0 Å². The Morgan fingerprint density at radius 1 is 1.00 bits per heavy atom. The number of anilines is 2. The minimum atomic E-state index is -3.80. The summed E-state index contributed by atoms with van der Waals surface area (Å²) in [7, 11) is -3.80. The largest absolute Gasteiger partial charge is 0.350 e. The molecule has 8 nitrogen and oxygen atoms in total. The van der Waals surface area contributed by atoms with E-state index in [1.807, 2.05) is 18.2 Å². The van der Waals surface area contributed by atoms with Gasteiger partial charge < -0.3 is 5.32 Å². The third kappa shape index (κ3) is 4.46. The molecule has 0 saturated carbocycles. The lowest BCUT2D eigenvalue weighted by molar-refractivity contribution is -0.138. The maximum Gasteiger partial charge on any atom is 0.279 e. The number of aromatic nitrogens is 1. The van der Waals surface area contributed by atoms with E-state index in [0.29, 0.717) is 5.69 Å². The number of hydrogen-bond acceptors (Lipinski definition) is 7. The van der Waals surface area contributed by atoms with Gasteiger partial charge in [-0.2, -0.15) is 0 Å². The van der Waals surface area contributed by atoms with Crippen LogP contribution >= 0.6 is 22.9 Å². The molecule has 31 heavy (non-hydrogen) atoms. The van der Waals surface area contributed by atoms with Gasteiger partial charge in [-0.05, 0) is 29.8 Å². The fourth-order valence-corrected chi connectivity index (χ4v) is 4.89. The van der Waals surface area contributed by atoms with Crippen molar-refractivity contribution in [2.24, 2.45) is 0 Å². The van der Waals surface area contributed by atoms with Crippen molar-refractivity contribution in [3.8, 4) is 0 Å². The third-order valence-electron chi connectivity index (χ3n) is 4.38. The molecular formula is C20H15ClN4O4S2. The van der Waals surface area contributed by atoms with Gasteiger partial charge in [-0.3, -0.25) is 19.2 Å². The van der Waals surface area contributed by atoms with Gasteiger partial charge in [-0.25, -0.2) is 13.4 Å². The first-order valence-corrected chi connectivity index (χ1v) is 11.7. The maximum absolute atomic E-state index is 12.7. The van der Waals surface area contributed by atoms with Crippen molar-refractivity contribution in [2.45, 2.75) is 11.4 Å². The molecule has 2 heterocycles. The number of halogens is 1. The highest BCUT2D eigenvalue weighted by molar-refractivity contribution is 7.93. The molecule has 0 saturated heterocycles. The summed E-state index contributed by atoms with van der Waals surface area (Å²) in [5.41, 5.74) is 1.14. The second kappa shape index (κ2) is 8.50. The molecule has 0 radical (unpaired) electrons. The number of hydrogen-bond donors (Lipinski definition) is 2. The predicted molar refractivity (Wildman–Crippen MR) is 118 cm³/mol. The number of imide groups is 1. The zero-order valence-electron chi connectivity index (χ0n) is 15.8. The van der Waals surface area contributed by atoms with E-state index in [-0.39, 0.29) is 27.3 Å². The van der Waals surface area contributed by atoms with E-state index < -0.39 is 21.8 Å². The predicted octanol–water partition coefficient (Wildman–Crippen LogP) is 3.38. The van der Waals surface area contributed by atoms with E-state index in [9.17, 15) is 18.0 Å². The molecule has 158 valence electrons. The number of amides is 2. The van der Waals surface area contributed by atoms with Crippen LogP contribution in [0.25, 0.3) is 0 Å². The molecule has 3 aromatic rings. The number of nitrogens with one attached hydrogen (secondary N) is 2. The Bertz CT molecular complexity index is 1260. The first-order valence-electron chi connectivity index (χ1n) is 8.94. The van der Waals surface area contributed by atoms with E-state index in [1.54, 1.807) is 17.5 Å². The summed E-state index contributed by atoms with van der Waals surface area (Å²) in [6, 6.07) is 14.8. The number of carbonyl (C=O) groups is 2. The maximum atomic E-state index is 12.7. The molecule has 0 aliphatic carbocycles. The minimum absolute atomic E-state index is 0.0212. The molecule has 0 bridgehead atoms. The molecule has 1 aliphatic heterocycles. The Morgan fingerprint density at radius 2 is 1.71 bits per heavy atom. The summed E-state index contributed by atoms with van der Waals surface area (Å²) >= 11 is 7.27. The van der Waals surface area contributed by atoms with Crippen LogP contribution in [0.5, 0.6) is 0 Å². The summed E-state index contributed by atoms with van der Waals surface area (Å²) in [5.74, 6) is -1.15.